The molecule has 17 heteroatoms. The van der Waals surface area contributed by atoms with Gasteiger partial charge in [0.25, 0.3) is 5.91 Å². The summed E-state index contributed by atoms with van der Waals surface area (Å²) in [4.78, 5) is 60.2. The van der Waals surface area contributed by atoms with Crippen LogP contribution in [0.2, 0.25) is 0 Å². The smallest absolute Gasteiger partial charge is 0.258 e. The molecule has 0 aliphatic carbocycles. The van der Waals surface area contributed by atoms with Gasteiger partial charge in [-0.1, -0.05) is 32.0 Å². The maximum Gasteiger partial charge on any atom is 0.258 e. The molecular formula is C49H61N11O5S. The molecule has 0 unspecified atom stereocenters. The highest BCUT2D eigenvalue weighted by atomic mass is 32.1. The average molecular weight is 916 g/mol. The van der Waals surface area contributed by atoms with Gasteiger partial charge in [0.05, 0.1) is 41.1 Å². The monoisotopic (exact) mass is 915 g/mol. The first-order valence-electron chi connectivity index (χ1n) is 23.6. The number of piperidine rings is 2. The number of aromatic hydroxyl groups is 2. The SMILES string of the molecule is CC(C)c1cc(C(=O)N2Cc3ccc(CN4CCC5(CC4)CCN(C(=O)CN4CCN(Cc6cc7nc(-c8cnc(N)nc8)nc(N8CCOCC8)c7s6)CC4)CC5)cc3C2)c(O)cc1O. The number of hydrogen-bond donors (Lipinski definition) is 3. The van der Waals surface area contributed by atoms with E-state index in [-0.39, 0.29) is 40.7 Å². The molecular weight excluding hydrogens is 855 g/mol. The van der Waals surface area contributed by atoms with Gasteiger partial charge < -0.3 is 35.4 Å². The number of aromatic nitrogens is 4. The molecule has 10 rings (SSSR count). The summed E-state index contributed by atoms with van der Waals surface area (Å²) in [6.07, 6.45) is 7.79. The number of amides is 2. The van der Waals surface area contributed by atoms with Gasteiger partial charge in [0.15, 0.2) is 11.6 Å². The van der Waals surface area contributed by atoms with Gasteiger partial charge in [-0.05, 0) is 84.5 Å². The van der Waals surface area contributed by atoms with E-state index >= 15 is 0 Å². The van der Waals surface area contributed by atoms with E-state index in [0.29, 0.717) is 49.7 Å². The van der Waals surface area contributed by atoms with Gasteiger partial charge in [-0.3, -0.25) is 24.3 Å². The third-order valence-electron chi connectivity index (χ3n) is 14.6. The van der Waals surface area contributed by atoms with Crippen molar-refractivity contribution in [2.45, 2.75) is 71.6 Å². The molecule has 0 bridgehead atoms. The molecule has 348 valence electrons. The number of hydrogen-bond acceptors (Lipinski definition) is 15. The number of carbonyl (C=O) groups is 2. The summed E-state index contributed by atoms with van der Waals surface area (Å²) in [6.45, 7) is 17.3. The third-order valence-corrected chi connectivity index (χ3v) is 15.7. The summed E-state index contributed by atoms with van der Waals surface area (Å²) in [7, 11) is 0. The first-order valence-corrected chi connectivity index (χ1v) is 24.4. The standard InChI is InChI=1S/C49H61N11O5S/c1-32(2)38-23-39(42(62)24-41(38)61)47(64)60-28-34-4-3-33(21-35(34)29-60)27-55-9-5-49(6-10-55)7-11-58(12-8-49)43(63)31-57-15-13-56(14-16-57)30-37-22-40-44(66-37)46(59-17-19-65-20-18-59)54-45(53-40)36-25-51-48(50)52-26-36/h3-4,21-26,32,61-62H,5-20,27-31H2,1-2H3,(H2,50,51,52). The van der Waals surface area contributed by atoms with Crippen LogP contribution in [0.5, 0.6) is 11.5 Å². The number of nitrogens with two attached hydrogens (primary N) is 1. The molecule has 0 atom stereocenters. The van der Waals surface area contributed by atoms with Gasteiger partial charge in [0.1, 0.15) is 11.5 Å². The average Bonchev–Trinajstić information content (AvgIpc) is 3.94. The van der Waals surface area contributed by atoms with E-state index in [1.54, 1.807) is 34.7 Å². The number of nitrogen functional groups attached to an aromatic ring is 1. The van der Waals surface area contributed by atoms with Gasteiger partial charge in [0, 0.05) is 102 Å². The molecule has 5 aromatic rings. The van der Waals surface area contributed by atoms with Gasteiger partial charge in [0.2, 0.25) is 11.9 Å². The minimum atomic E-state index is -0.225. The van der Waals surface area contributed by atoms with Crippen LogP contribution in [0.15, 0.2) is 48.8 Å². The second-order valence-corrected chi connectivity index (χ2v) is 20.4. The van der Waals surface area contributed by atoms with E-state index in [4.69, 9.17) is 20.4 Å². The number of piperazine rings is 1. The number of phenols is 2. The highest BCUT2D eigenvalue weighted by Gasteiger charge is 2.39. The van der Waals surface area contributed by atoms with Crippen LogP contribution < -0.4 is 10.6 Å². The van der Waals surface area contributed by atoms with Crippen LogP contribution in [0.1, 0.15) is 82.9 Å². The Morgan fingerprint density at radius 2 is 1.45 bits per heavy atom. The first kappa shape index (κ1) is 44.4. The number of fused-ring (bicyclic) bond motifs is 2. The minimum Gasteiger partial charge on any atom is -0.508 e. The van der Waals surface area contributed by atoms with E-state index in [9.17, 15) is 19.8 Å². The van der Waals surface area contributed by atoms with Crippen molar-refractivity contribution in [3.8, 4) is 22.9 Å². The summed E-state index contributed by atoms with van der Waals surface area (Å²) in [5.41, 5.74) is 12.1. The van der Waals surface area contributed by atoms with Gasteiger partial charge in [-0.2, -0.15) is 0 Å². The fourth-order valence-electron chi connectivity index (χ4n) is 10.5. The molecule has 3 aromatic heterocycles. The number of phenolic OH excluding ortho intramolecular Hbond substituents is 2. The zero-order valence-corrected chi connectivity index (χ0v) is 38.9. The number of thiophene rings is 1. The van der Waals surface area contributed by atoms with Crippen LogP contribution in [0, 0.1) is 5.41 Å². The van der Waals surface area contributed by atoms with E-state index in [2.05, 4.69) is 58.7 Å². The molecule has 5 aliphatic rings. The molecule has 2 aromatic carbocycles. The van der Waals surface area contributed by atoms with Crippen molar-refractivity contribution >= 4 is 45.1 Å². The van der Waals surface area contributed by atoms with Gasteiger partial charge in [-0.15, -0.1) is 11.3 Å². The van der Waals surface area contributed by atoms with Crippen molar-refractivity contribution in [3.05, 3.63) is 81.5 Å². The molecule has 2 amide bonds. The number of likely N-dealkylation sites (tertiary alicyclic amines) is 2. The van der Waals surface area contributed by atoms with E-state index in [0.717, 1.165) is 137 Å². The Hall–Kier alpha value is -5.46. The van der Waals surface area contributed by atoms with Crippen molar-refractivity contribution < 1.29 is 24.5 Å². The lowest BCUT2D eigenvalue weighted by atomic mass is 9.71. The first-order chi connectivity index (χ1) is 32.0. The van der Waals surface area contributed by atoms with Crippen molar-refractivity contribution in [2.75, 3.05) is 95.8 Å². The molecule has 16 nitrogen and oxygen atoms in total. The zero-order chi connectivity index (χ0) is 45.5. The Morgan fingerprint density at radius 3 is 2.18 bits per heavy atom. The molecule has 0 radical (unpaired) electrons. The van der Waals surface area contributed by atoms with Crippen LogP contribution in [-0.2, 0) is 35.7 Å². The third kappa shape index (κ3) is 9.41. The Morgan fingerprint density at radius 1 is 0.773 bits per heavy atom. The number of carbonyl (C=O) groups excluding carboxylic acids is 2. The zero-order valence-electron chi connectivity index (χ0n) is 38.1. The molecule has 4 saturated heterocycles. The van der Waals surface area contributed by atoms with Crippen molar-refractivity contribution in [2.24, 2.45) is 5.41 Å². The highest BCUT2D eigenvalue weighted by Crippen LogP contribution is 2.42. The lowest BCUT2D eigenvalue weighted by Crippen LogP contribution is -2.52. The van der Waals surface area contributed by atoms with E-state index in [1.165, 1.54) is 16.5 Å². The summed E-state index contributed by atoms with van der Waals surface area (Å²) in [5.74, 6) is 1.61. The number of rotatable bonds is 10. The molecule has 1 spiro atoms. The van der Waals surface area contributed by atoms with Crippen LogP contribution >= 0.6 is 11.3 Å². The van der Waals surface area contributed by atoms with Crippen LogP contribution in [0.4, 0.5) is 11.8 Å². The van der Waals surface area contributed by atoms with Crippen LogP contribution in [-0.4, -0.2) is 152 Å². The Kier molecular flexibility index (Phi) is 12.6. The fourth-order valence-corrected chi connectivity index (χ4v) is 11.6. The summed E-state index contributed by atoms with van der Waals surface area (Å²) in [6, 6.07) is 11.7. The largest absolute Gasteiger partial charge is 0.508 e. The van der Waals surface area contributed by atoms with E-state index < -0.39 is 0 Å². The normalized spacial score (nSPS) is 19.6. The lowest BCUT2D eigenvalue weighted by Gasteiger charge is -2.47. The molecule has 0 saturated carbocycles. The van der Waals surface area contributed by atoms with Gasteiger partial charge >= 0.3 is 0 Å². The van der Waals surface area contributed by atoms with Crippen LogP contribution in [0.25, 0.3) is 21.6 Å². The second-order valence-electron chi connectivity index (χ2n) is 19.3. The molecule has 5 aliphatic heterocycles. The summed E-state index contributed by atoms with van der Waals surface area (Å²) >= 11 is 1.76. The highest BCUT2D eigenvalue weighted by molar-refractivity contribution is 7.19. The summed E-state index contributed by atoms with van der Waals surface area (Å²) < 4.78 is 6.73. The van der Waals surface area contributed by atoms with E-state index in [1.807, 2.05) is 13.8 Å². The molecule has 66 heavy (non-hydrogen) atoms. The maximum absolute atomic E-state index is 13.6. The van der Waals surface area contributed by atoms with Crippen LogP contribution in [0.3, 0.4) is 0 Å². The topological polar surface area (TPSA) is 181 Å². The number of anilines is 2. The number of ether oxygens (including phenoxy) is 1. The summed E-state index contributed by atoms with van der Waals surface area (Å²) in [5, 5.41) is 20.8. The fraction of sp³-hybridized carbons (Fsp3) is 0.510. The molecule has 4 N–H and O–H groups in total. The minimum absolute atomic E-state index is 0.00854. The lowest BCUT2D eigenvalue weighted by molar-refractivity contribution is -0.135. The Balaban J connectivity index is 0.672. The molecule has 8 heterocycles. The predicted octanol–water partition coefficient (Wildman–Crippen LogP) is 5.28. The van der Waals surface area contributed by atoms with Crippen molar-refractivity contribution in [1.29, 1.82) is 0 Å². The van der Waals surface area contributed by atoms with Gasteiger partial charge in [-0.25, -0.2) is 19.9 Å². The van der Waals surface area contributed by atoms with Crippen molar-refractivity contribution in [3.63, 3.8) is 0 Å². The quantitative estimate of drug-likeness (QED) is 0.165. The Bertz CT molecular complexity index is 2570. The number of nitrogens with zero attached hydrogens (tertiary/aromatic N) is 10. The maximum atomic E-state index is 13.6. The predicted molar refractivity (Wildman–Crippen MR) is 254 cm³/mol. The second kappa shape index (κ2) is 18.7. The molecule has 4 fully saturated rings. The number of benzene rings is 2. The van der Waals surface area contributed by atoms with Crippen molar-refractivity contribution in [1.82, 2.24) is 44.4 Å². The number of morpholine rings is 1. The Labute approximate surface area is 390 Å².